The van der Waals surface area contributed by atoms with Crippen molar-refractivity contribution in [3.8, 4) is 0 Å². The molecule has 0 unspecified atom stereocenters. The molecule has 2 aliphatic rings. The highest BCUT2D eigenvalue weighted by Crippen LogP contribution is 2.29. The molecule has 0 N–H and O–H groups in total. The number of esters is 1. The van der Waals surface area contributed by atoms with Gasteiger partial charge < -0.3 is 19.1 Å². The number of carbonyl (C=O) groups is 1. The maximum atomic E-state index is 13.4. The predicted molar refractivity (Wildman–Crippen MR) is 114 cm³/mol. The molecule has 0 radical (unpaired) electrons. The van der Waals surface area contributed by atoms with Crippen LogP contribution in [-0.2, 0) is 36.1 Å². The van der Waals surface area contributed by atoms with Crippen LogP contribution in [0, 0.1) is 0 Å². The Bertz CT molecular complexity index is 921. The number of likely N-dealkylation sites (N-methyl/N-ethyl adjacent to an activating group) is 2. The van der Waals surface area contributed by atoms with Gasteiger partial charge >= 0.3 is 5.97 Å². The zero-order valence-electron chi connectivity index (χ0n) is 18.2. The third-order valence-corrected chi connectivity index (χ3v) is 9.57. The lowest BCUT2D eigenvalue weighted by Crippen LogP contribution is -2.48. The van der Waals surface area contributed by atoms with Crippen molar-refractivity contribution >= 4 is 26.0 Å². The second-order valence-corrected chi connectivity index (χ2v) is 11.7. The molecular formula is C18H31N5O6S2. The Labute approximate surface area is 184 Å². The van der Waals surface area contributed by atoms with E-state index in [9.17, 15) is 21.6 Å². The van der Waals surface area contributed by atoms with Gasteiger partial charge in [-0.25, -0.2) is 16.8 Å². The van der Waals surface area contributed by atoms with Gasteiger partial charge in [0.25, 0.3) is 0 Å². The number of sulfonamides is 2. The van der Waals surface area contributed by atoms with Gasteiger partial charge in [-0.2, -0.15) is 8.61 Å². The van der Waals surface area contributed by atoms with Crippen molar-refractivity contribution in [1.82, 2.24) is 23.0 Å². The molecule has 11 nitrogen and oxygen atoms in total. The first kappa shape index (κ1) is 24.1. The minimum Gasteiger partial charge on any atom is -0.465 e. The first-order chi connectivity index (χ1) is 14.6. The summed E-state index contributed by atoms with van der Waals surface area (Å²) < 4.78 is 62.5. The highest BCUT2D eigenvalue weighted by molar-refractivity contribution is 7.92. The van der Waals surface area contributed by atoms with E-state index < -0.39 is 26.0 Å². The predicted octanol–water partition coefficient (Wildman–Crippen LogP) is -1.08. The lowest BCUT2D eigenvalue weighted by atomic mass is 10.4. The molecule has 0 saturated carbocycles. The lowest BCUT2D eigenvalue weighted by molar-refractivity contribution is -0.143. The second kappa shape index (κ2) is 9.55. The van der Waals surface area contributed by atoms with Gasteiger partial charge in [-0.1, -0.05) is 0 Å². The number of rotatable bonds is 7. The summed E-state index contributed by atoms with van der Waals surface area (Å²) in [5.74, 6) is -0.565. The fraction of sp³-hybridized carbons (Fsp3) is 0.722. The van der Waals surface area contributed by atoms with E-state index >= 15 is 0 Å². The van der Waals surface area contributed by atoms with E-state index in [1.807, 2.05) is 23.9 Å². The van der Waals surface area contributed by atoms with E-state index in [4.69, 9.17) is 4.74 Å². The van der Waals surface area contributed by atoms with Gasteiger partial charge in [0.1, 0.15) is 16.3 Å². The highest BCUT2D eigenvalue weighted by atomic mass is 32.2. The molecule has 2 aliphatic heterocycles. The van der Waals surface area contributed by atoms with Gasteiger partial charge in [-0.3, -0.25) is 4.79 Å². The van der Waals surface area contributed by atoms with Crippen LogP contribution in [-0.4, -0.2) is 119 Å². The van der Waals surface area contributed by atoms with Gasteiger partial charge in [-0.15, -0.1) is 0 Å². The Morgan fingerprint density at radius 2 is 1.19 bits per heavy atom. The molecule has 1 aromatic rings. The van der Waals surface area contributed by atoms with Gasteiger partial charge in [-0.05, 0) is 21.0 Å². The largest absolute Gasteiger partial charge is 0.465 e. The van der Waals surface area contributed by atoms with Crippen LogP contribution in [0.3, 0.4) is 0 Å². The first-order valence-corrected chi connectivity index (χ1v) is 13.2. The SMILES string of the molecule is CCOC(=O)Cn1cc(S(=O)(=O)N2CCN(C)CC2)c(S(=O)(=O)N2CCN(C)CC2)c1. The molecule has 13 heteroatoms. The fourth-order valence-electron chi connectivity index (χ4n) is 3.64. The minimum atomic E-state index is -4.06. The Morgan fingerprint density at radius 1 is 0.806 bits per heavy atom. The molecule has 2 saturated heterocycles. The van der Waals surface area contributed by atoms with Crippen molar-refractivity contribution in [1.29, 1.82) is 0 Å². The molecule has 3 heterocycles. The number of carbonyl (C=O) groups excluding carboxylic acids is 1. The fourth-order valence-corrected chi connectivity index (χ4v) is 7.26. The minimum absolute atomic E-state index is 0.180. The first-order valence-electron chi connectivity index (χ1n) is 10.3. The van der Waals surface area contributed by atoms with E-state index in [1.165, 1.54) is 25.6 Å². The lowest BCUT2D eigenvalue weighted by Gasteiger charge is -2.33. The molecule has 0 bridgehead atoms. The average Bonchev–Trinajstić information content (AvgIpc) is 3.14. The van der Waals surface area contributed by atoms with Crippen molar-refractivity contribution in [3.05, 3.63) is 12.4 Å². The maximum Gasteiger partial charge on any atom is 0.325 e. The van der Waals surface area contributed by atoms with Gasteiger partial charge in [0, 0.05) is 64.8 Å². The van der Waals surface area contributed by atoms with Crippen LogP contribution in [0.15, 0.2) is 22.2 Å². The number of ether oxygens (including phenoxy) is 1. The number of aromatic nitrogens is 1. The normalized spacial score (nSPS) is 20.7. The topological polar surface area (TPSA) is 112 Å². The average molecular weight is 478 g/mol. The summed E-state index contributed by atoms with van der Waals surface area (Å²) in [5.41, 5.74) is 0. The van der Waals surface area contributed by atoms with Crippen molar-refractivity contribution < 1.29 is 26.4 Å². The Kier molecular flexibility index (Phi) is 7.43. The molecule has 0 spiro atoms. The third kappa shape index (κ3) is 5.29. The van der Waals surface area contributed by atoms with Crippen molar-refractivity contribution in [2.75, 3.05) is 73.1 Å². The van der Waals surface area contributed by atoms with Crippen LogP contribution in [0.2, 0.25) is 0 Å². The summed E-state index contributed by atoms with van der Waals surface area (Å²) in [7, 11) is -4.31. The quantitative estimate of drug-likeness (QED) is 0.456. The van der Waals surface area contributed by atoms with Gasteiger partial charge in [0.15, 0.2) is 0 Å². The van der Waals surface area contributed by atoms with E-state index in [-0.39, 0.29) is 49.1 Å². The van der Waals surface area contributed by atoms with E-state index in [1.54, 1.807) is 6.92 Å². The van der Waals surface area contributed by atoms with Crippen LogP contribution in [0.25, 0.3) is 0 Å². The summed E-state index contributed by atoms with van der Waals surface area (Å²) in [5, 5.41) is 0. The van der Waals surface area contributed by atoms with Crippen LogP contribution in [0.1, 0.15) is 6.92 Å². The molecular weight excluding hydrogens is 446 g/mol. The summed E-state index contributed by atoms with van der Waals surface area (Å²) in [4.78, 5) is 15.4. The Hall–Kier alpha value is -1.51. The summed E-state index contributed by atoms with van der Waals surface area (Å²) in [6, 6.07) is 0. The van der Waals surface area contributed by atoms with Gasteiger partial charge in [0.2, 0.25) is 20.0 Å². The molecule has 176 valence electrons. The summed E-state index contributed by atoms with van der Waals surface area (Å²) in [6.45, 7) is 4.91. The number of piperazine rings is 2. The zero-order valence-corrected chi connectivity index (χ0v) is 19.9. The molecule has 0 aliphatic carbocycles. The molecule has 3 rings (SSSR count). The summed E-state index contributed by atoms with van der Waals surface area (Å²) in [6.07, 6.45) is 2.46. The van der Waals surface area contributed by atoms with Crippen molar-refractivity contribution in [2.45, 2.75) is 23.3 Å². The highest BCUT2D eigenvalue weighted by Gasteiger charge is 2.38. The number of nitrogens with zero attached hydrogens (tertiary/aromatic N) is 5. The van der Waals surface area contributed by atoms with Crippen LogP contribution < -0.4 is 0 Å². The van der Waals surface area contributed by atoms with Crippen LogP contribution >= 0.6 is 0 Å². The molecule has 0 atom stereocenters. The number of hydrogen-bond acceptors (Lipinski definition) is 8. The monoisotopic (exact) mass is 477 g/mol. The Balaban J connectivity index is 2.00. The van der Waals surface area contributed by atoms with E-state index in [2.05, 4.69) is 0 Å². The molecule has 0 aromatic carbocycles. The Morgan fingerprint density at radius 3 is 1.55 bits per heavy atom. The third-order valence-electron chi connectivity index (χ3n) is 5.59. The molecule has 0 amide bonds. The van der Waals surface area contributed by atoms with Crippen molar-refractivity contribution in [2.24, 2.45) is 0 Å². The standard InChI is InChI=1S/C18H31N5O6S2/c1-4-29-18(24)15-21-13-16(30(25,26)22-9-5-19(2)6-10-22)17(14-21)31(27,28)23-11-7-20(3)8-12-23/h13-14H,4-12,15H2,1-3H3. The molecule has 1 aromatic heterocycles. The van der Waals surface area contributed by atoms with E-state index in [0.717, 1.165) is 0 Å². The second-order valence-electron chi connectivity index (χ2n) is 7.88. The molecule has 2 fully saturated rings. The van der Waals surface area contributed by atoms with Crippen LogP contribution in [0.4, 0.5) is 0 Å². The van der Waals surface area contributed by atoms with Crippen molar-refractivity contribution in [3.63, 3.8) is 0 Å². The summed E-state index contributed by atoms with van der Waals surface area (Å²) >= 11 is 0. The van der Waals surface area contributed by atoms with Gasteiger partial charge in [0.05, 0.1) is 6.61 Å². The van der Waals surface area contributed by atoms with Crippen LogP contribution in [0.5, 0.6) is 0 Å². The zero-order chi connectivity index (χ0) is 22.8. The number of hydrogen-bond donors (Lipinski definition) is 0. The smallest absolute Gasteiger partial charge is 0.325 e. The van der Waals surface area contributed by atoms with E-state index in [0.29, 0.717) is 26.2 Å². The molecule has 31 heavy (non-hydrogen) atoms. The maximum absolute atomic E-state index is 13.4.